The lowest BCUT2D eigenvalue weighted by atomic mass is 9.88. The van der Waals surface area contributed by atoms with Crippen molar-refractivity contribution in [1.29, 1.82) is 0 Å². The first-order chi connectivity index (χ1) is 13.1. The number of fused-ring (bicyclic) bond motifs is 3. The van der Waals surface area contributed by atoms with Gasteiger partial charge in [0.2, 0.25) is 5.91 Å². The van der Waals surface area contributed by atoms with Crippen molar-refractivity contribution in [2.24, 2.45) is 13.0 Å². The molecule has 8 nitrogen and oxygen atoms in total. The summed E-state index contributed by atoms with van der Waals surface area (Å²) in [6.45, 7) is 5.52. The number of anilines is 1. The Kier molecular flexibility index (Phi) is 4.24. The maximum Gasteiger partial charge on any atom is 0.419 e. The van der Waals surface area contributed by atoms with Crippen molar-refractivity contribution >= 4 is 28.8 Å². The monoisotopic (exact) mass is 387 g/mol. The molecular formula is C20H25N3O5. The zero-order valence-electron chi connectivity index (χ0n) is 16.5. The smallest absolute Gasteiger partial charge is 0.419 e. The number of carbonyl (C=O) groups is 2. The van der Waals surface area contributed by atoms with Gasteiger partial charge in [0.05, 0.1) is 11.4 Å². The second-order valence-corrected chi connectivity index (χ2v) is 8.63. The van der Waals surface area contributed by atoms with E-state index < -0.39 is 11.4 Å². The lowest BCUT2D eigenvalue weighted by Crippen LogP contribution is -2.42. The third-order valence-electron chi connectivity index (χ3n) is 5.54. The predicted octanol–water partition coefficient (Wildman–Crippen LogP) is 2.86. The molecule has 2 fully saturated rings. The number of aromatic nitrogens is 1. The molecule has 1 aromatic heterocycles. The average Bonchev–Trinajstić information content (AvgIpc) is 3.25. The first-order valence-electron chi connectivity index (χ1n) is 9.56. The number of oxazole rings is 1. The molecular weight excluding hydrogens is 362 g/mol. The lowest BCUT2D eigenvalue weighted by Gasteiger charge is -2.28. The van der Waals surface area contributed by atoms with Crippen LogP contribution in [-0.2, 0) is 16.6 Å². The Morgan fingerprint density at radius 2 is 2.00 bits per heavy atom. The van der Waals surface area contributed by atoms with Crippen molar-refractivity contribution in [3.05, 3.63) is 28.7 Å². The number of benzene rings is 1. The molecule has 2 aliphatic heterocycles. The van der Waals surface area contributed by atoms with E-state index in [1.54, 1.807) is 30.1 Å². The van der Waals surface area contributed by atoms with Crippen LogP contribution in [0.1, 0.15) is 40.0 Å². The molecule has 4 rings (SSSR count). The summed E-state index contributed by atoms with van der Waals surface area (Å²) in [5.74, 6) is -0.845. The summed E-state index contributed by atoms with van der Waals surface area (Å²) in [4.78, 5) is 38.8. The lowest BCUT2D eigenvalue weighted by molar-refractivity contribution is -0.120. The summed E-state index contributed by atoms with van der Waals surface area (Å²) in [6.07, 6.45) is 1.99. The van der Waals surface area contributed by atoms with E-state index >= 15 is 0 Å². The maximum atomic E-state index is 12.9. The molecule has 0 aliphatic carbocycles. The van der Waals surface area contributed by atoms with E-state index in [1.165, 1.54) is 4.57 Å². The highest BCUT2D eigenvalue weighted by Gasteiger charge is 2.52. The van der Waals surface area contributed by atoms with E-state index in [-0.39, 0.29) is 30.0 Å². The number of nitrogens with zero attached hydrogens (tertiary/aromatic N) is 2. The van der Waals surface area contributed by atoms with Gasteiger partial charge in [0, 0.05) is 30.9 Å². The van der Waals surface area contributed by atoms with Crippen LogP contribution in [0.3, 0.4) is 0 Å². The number of hydrogen-bond donors (Lipinski definition) is 1. The Hall–Kier alpha value is -2.77. The van der Waals surface area contributed by atoms with Crippen molar-refractivity contribution in [2.75, 3.05) is 5.32 Å². The Morgan fingerprint density at radius 3 is 2.71 bits per heavy atom. The van der Waals surface area contributed by atoms with E-state index in [4.69, 9.17) is 9.15 Å². The van der Waals surface area contributed by atoms with Crippen LogP contribution in [-0.4, -0.2) is 39.2 Å². The highest BCUT2D eigenvalue weighted by atomic mass is 16.6. The number of amides is 2. The minimum Gasteiger partial charge on any atom is -0.444 e. The van der Waals surface area contributed by atoms with Crippen molar-refractivity contribution in [1.82, 2.24) is 9.47 Å². The van der Waals surface area contributed by atoms with E-state index in [2.05, 4.69) is 5.32 Å². The molecule has 8 heteroatoms. The zero-order chi connectivity index (χ0) is 20.2. The highest BCUT2D eigenvalue weighted by molar-refractivity contribution is 5.95. The summed E-state index contributed by atoms with van der Waals surface area (Å²) >= 11 is 0. The van der Waals surface area contributed by atoms with E-state index in [1.807, 2.05) is 20.8 Å². The van der Waals surface area contributed by atoms with Crippen LogP contribution >= 0.6 is 0 Å². The Balaban J connectivity index is 1.49. The maximum absolute atomic E-state index is 12.9. The van der Waals surface area contributed by atoms with Gasteiger partial charge in [-0.3, -0.25) is 9.36 Å². The van der Waals surface area contributed by atoms with Crippen molar-refractivity contribution in [2.45, 2.75) is 57.7 Å². The molecule has 3 atom stereocenters. The number of hydrogen-bond acceptors (Lipinski definition) is 5. The van der Waals surface area contributed by atoms with Crippen LogP contribution in [0, 0.1) is 5.92 Å². The van der Waals surface area contributed by atoms with Gasteiger partial charge in [-0.05, 0) is 52.2 Å². The summed E-state index contributed by atoms with van der Waals surface area (Å²) < 4.78 is 12.1. The largest absolute Gasteiger partial charge is 0.444 e. The molecule has 2 aliphatic rings. The van der Waals surface area contributed by atoms with Crippen molar-refractivity contribution in [3.8, 4) is 0 Å². The molecule has 1 N–H and O–H groups in total. The Bertz CT molecular complexity index is 999. The van der Waals surface area contributed by atoms with Gasteiger partial charge in [0.1, 0.15) is 5.60 Å². The molecule has 1 aromatic carbocycles. The standard InChI is InChI=1S/C20H25N3O5/c1-20(2,3)28-19(26)23-12-6-8-14(23)13(10-12)17(24)21-11-5-7-15-16(9-11)27-18(25)22(15)4/h5,7,9,12-14H,6,8,10H2,1-4H3,(H,21,24). The topological polar surface area (TPSA) is 93.8 Å². The minimum absolute atomic E-state index is 0.0465. The van der Waals surface area contributed by atoms with Gasteiger partial charge < -0.3 is 19.4 Å². The average molecular weight is 387 g/mol. The van der Waals surface area contributed by atoms with Crippen LogP contribution in [0.25, 0.3) is 11.1 Å². The van der Waals surface area contributed by atoms with Crippen LogP contribution in [0.2, 0.25) is 0 Å². The van der Waals surface area contributed by atoms with Crippen LogP contribution in [0.5, 0.6) is 0 Å². The second kappa shape index (κ2) is 6.39. The van der Waals surface area contributed by atoms with Gasteiger partial charge in [-0.2, -0.15) is 0 Å². The van der Waals surface area contributed by atoms with Gasteiger partial charge in [0.25, 0.3) is 0 Å². The summed E-state index contributed by atoms with van der Waals surface area (Å²) in [7, 11) is 1.63. The molecule has 2 amide bonds. The summed E-state index contributed by atoms with van der Waals surface area (Å²) in [5, 5.41) is 2.91. The van der Waals surface area contributed by atoms with Crippen LogP contribution in [0.15, 0.2) is 27.4 Å². The summed E-state index contributed by atoms with van der Waals surface area (Å²) in [5.41, 5.74) is 1.09. The molecule has 3 unspecified atom stereocenters. The number of carbonyl (C=O) groups excluding carboxylic acids is 2. The fraction of sp³-hybridized carbons (Fsp3) is 0.550. The predicted molar refractivity (Wildman–Crippen MR) is 103 cm³/mol. The fourth-order valence-electron chi connectivity index (χ4n) is 4.32. The molecule has 2 aromatic rings. The summed E-state index contributed by atoms with van der Waals surface area (Å²) in [6, 6.07) is 5.04. The number of rotatable bonds is 2. The third-order valence-corrected chi connectivity index (χ3v) is 5.54. The number of ether oxygens (including phenoxy) is 1. The van der Waals surface area contributed by atoms with E-state index in [0.717, 1.165) is 12.8 Å². The first kappa shape index (κ1) is 18.6. The van der Waals surface area contributed by atoms with Crippen molar-refractivity contribution < 1.29 is 18.7 Å². The highest BCUT2D eigenvalue weighted by Crippen LogP contribution is 2.43. The molecule has 2 bridgehead atoms. The fourth-order valence-corrected chi connectivity index (χ4v) is 4.32. The molecule has 28 heavy (non-hydrogen) atoms. The van der Waals surface area contributed by atoms with Crippen LogP contribution < -0.4 is 11.1 Å². The molecule has 0 spiro atoms. The van der Waals surface area contributed by atoms with Crippen molar-refractivity contribution in [3.63, 3.8) is 0 Å². The quantitative estimate of drug-likeness (QED) is 0.855. The molecule has 0 radical (unpaired) electrons. The SMILES string of the molecule is Cn1c(=O)oc2cc(NC(=O)C3CC4CCC3N4C(=O)OC(C)(C)C)ccc21. The van der Waals surface area contributed by atoms with Gasteiger partial charge in [0.15, 0.2) is 5.58 Å². The molecule has 150 valence electrons. The minimum atomic E-state index is -0.564. The second-order valence-electron chi connectivity index (χ2n) is 8.63. The molecule has 0 saturated carbocycles. The van der Waals surface area contributed by atoms with Gasteiger partial charge in [-0.25, -0.2) is 9.59 Å². The van der Waals surface area contributed by atoms with Gasteiger partial charge >= 0.3 is 11.8 Å². The number of nitrogens with one attached hydrogen (secondary N) is 1. The van der Waals surface area contributed by atoms with E-state index in [0.29, 0.717) is 23.2 Å². The van der Waals surface area contributed by atoms with Gasteiger partial charge in [-0.15, -0.1) is 0 Å². The van der Waals surface area contributed by atoms with E-state index in [9.17, 15) is 14.4 Å². The Labute approximate surface area is 162 Å². The Morgan fingerprint density at radius 1 is 1.25 bits per heavy atom. The normalized spacial score (nSPS) is 24.0. The number of aryl methyl sites for hydroxylation is 1. The molecule has 3 heterocycles. The first-order valence-corrected chi connectivity index (χ1v) is 9.56. The zero-order valence-corrected chi connectivity index (χ0v) is 16.5. The third kappa shape index (κ3) is 3.16. The molecule has 2 saturated heterocycles. The van der Waals surface area contributed by atoms with Crippen LogP contribution in [0.4, 0.5) is 10.5 Å². The van der Waals surface area contributed by atoms with Gasteiger partial charge in [-0.1, -0.05) is 0 Å².